The van der Waals surface area contributed by atoms with E-state index < -0.39 is 20.0 Å². The average molecular weight is 925 g/mol. The lowest BCUT2D eigenvalue weighted by atomic mass is 10.0. The third-order valence-corrected chi connectivity index (χ3v) is 13.7. The summed E-state index contributed by atoms with van der Waals surface area (Å²) in [7, 11) is 1.31. The molecule has 0 aromatic rings. The first-order valence-electron chi connectivity index (χ1n) is 27.7. The number of rotatable bonds is 51. The van der Waals surface area contributed by atoms with Gasteiger partial charge in [-0.1, -0.05) is 250 Å². The standard InChI is InChI=1S/C55H109N2O6P/c1-6-8-10-12-14-16-18-20-22-24-26-28-30-32-34-36-38-40-42-44-46-48-54(58)53(52-63-64(60,61)62-51-50-57(3,4)5)56-55(59)49-47-45-43-41-39-37-35-33-31-29-27-25-23-21-19-17-15-13-11-9-7-2/h9,11,15,17,53-54,58H,6-8,10,12-14,16,18-52H2,1-5H3,(H-,56,59,60,61)/b11-9-,17-15-. The number of unbranched alkanes of at least 4 members (excludes halogenated alkanes) is 34. The summed E-state index contributed by atoms with van der Waals surface area (Å²) >= 11 is 0. The molecule has 0 aromatic carbocycles. The van der Waals surface area contributed by atoms with Crippen LogP contribution in [-0.2, 0) is 18.4 Å². The zero-order chi connectivity index (χ0) is 47.1. The third-order valence-electron chi connectivity index (χ3n) is 12.7. The van der Waals surface area contributed by atoms with Crippen LogP contribution in [0.25, 0.3) is 0 Å². The van der Waals surface area contributed by atoms with E-state index in [1.165, 1.54) is 193 Å². The molecule has 0 saturated heterocycles. The van der Waals surface area contributed by atoms with Crippen LogP contribution in [0.5, 0.6) is 0 Å². The van der Waals surface area contributed by atoms with Crippen LogP contribution >= 0.6 is 7.82 Å². The Labute approximate surface area is 398 Å². The Bertz CT molecular complexity index is 1090. The van der Waals surface area contributed by atoms with Gasteiger partial charge in [-0.05, 0) is 38.5 Å². The van der Waals surface area contributed by atoms with E-state index in [1.54, 1.807) is 0 Å². The van der Waals surface area contributed by atoms with Crippen molar-refractivity contribution >= 4 is 13.7 Å². The quantitative estimate of drug-likeness (QED) is 0.0272. The van der Waals surface area contributed by atoms with Crippen LogP contribution in [0.15, 0.2) is 24.3 Å². The molecular formula is C55H109N2O6P. The van der Waals surface area contributed by atoms with Gasteiger partial charge in [-0.3, -0.25) is 9.36 Å². The molecule has 0 aromatic heterocycles. The largest absolute Gasteiger partial charge is 0.756 e. The van der Waals surface area contributed by atoms with Crippen LogP contribution < -0.4 is 10.2 Å². The van der Waals surface area contributed by atoms with E-state index in [1.807, 2.05) is 21.1 Å². The number of phosphoric ester groups is 1. The Hall–Kier alpha value is -1.02. The number of allylic oxidation sites excluding steroid dienone is 4. The van der Waals surface area contributed by atoms with Crippen molar-refractivity contribution in [1.29, 1.82) is 0 Å². The van der Waals surface area contributed by atoms with E-state index in [2.05, 4.69) is 43.5 Å². The van der Waals surface area contributed by atoms with E-state index in [0.29, 0.717) is 23.9 Å². The summed E-state index contributed by atoms with van der Waals surface area (Å²) in [4.78, 5) is 25.5. The van der Waals surface area contributed by atoms with Gasteiger partial charge in [0.15, 0.2) is 0 Å². The number of quaternary nitrogens is 1. The Kier molecular flexibility index (Phi) is 46.3. The number of hydrogen-bond donors (Lipinski definition) is 2. The highest BCUT2D eigenvalue weighted by Crippen LogP contribution is 2.38. The normalized spacial score (nSPS) is 14.2. The minimum Gasteiger partial charge on any atom is -0.756 e. The molecule has 0 heterocycles. The summed E-state index contributed by atoms with van der Waals surface area (Å²) in [6, 6.07) is -0.799. The second-order valence-electron chi connectivity index (χ2n) is 20.3. The lowest BCUT2D eigenvalue weighted by Crippen LogP contribution is -2.46. The van der Waals surface area contributed by atoms with Gasteiger partial charge in [0.25, 0.3) is 7.82 Å². The van der Waals surface area contributed by atoms with Gasteiger partial charge in [0.05, 0.1) is 39.9 Å². The third kappa shape index (κ3) is 48.9. The van der Waals surface area contributed by atoms with E-state index in [-0.39, 0.29) is 19.1 Å². The predicted octanol–water partition coefficient (Wildman–Crippen LogP) is 15.8. The van der Waals surface area contributed by atoms with Gasteiger partial charge in [-0.2, -0.15) is 0 Å². The molecule has 64 heavy (non-hydrogen) atoms. The van der Waals surface area contributed by atoms with Crippen LogP contribution in [-0.4, -0.2) is 68.5 Å². The molecule has 0 bridgehead atoms. The Morgan fingerprint density at radius 1 is 0.562 bits per heavy atom. The van der Waals surface area contributed by atoms with Gasteiger partial charge in [0.2, 0.25) is 5.91 Å². The van der Waals surface area contributed by atoms with Crippen molar-refractivity contribution in [1.82, 2.24) is 5.32 Å². The fourth-order valence-corrected chi connectivity index (χ4v) is 9.10. The Morgan fingerprint density at radius 2 is 0.953 bits per heavy atom. The zero-order valence-electron chi connectivity index (χ0n) is 43.3. The number of hydrogen-bond acceptors (Lipinski definition) is 6. The molecule has 0 aliphatic carbocycles. The fourth-order valence-electron chi connectivity index (χ4n) is 8.37. The SMILES string of the molecule is CC/C=C\C/C=C\CCCCCCCCCCCCCCCCC(=O)NC(COP(=O)([O-])OCC[N+](C)(C)C)C(O)CCCCCCCCCCCCCCCCCCCCCCC. The maximum Gasteiger partial charge on any atom is 0.268 e. The van der Waals surface area contributed by atoms with Crippen LogP contribution in [0.3, 0.4) is 0 Å². The Balaban J connectivity index is 4.17. The molecule has 8 nitrogen and oxygen atoms in total. The van der Waals surface area contributed by atoms with Crippen molar-refractivity contribution in [2.45, 2.75) is 283 Å². The highest BCUT2D eigenvalue weighted by atomic mass is 31.2. The summed E-state index contributed by atoms with van der Waals surface area (Å²) in [6.45, 7) is 4.66. The van der Waals surface area contributed by atoms with Crippen LogP contribution in [0.1, 0.15) is 271 Å². The van der Waals surface area contributed by atoms with Crippen molar-refractivity contribution in [2.75, 3.05) is 40.9 Å². The van der Waals surface area contributed by atoms with Gasteiger partial charge in [0.1, 0.15) is 13.2 Å². The van der Waals surface area contributed by atoms with Crippen molar-refractivity contribution < 1.29 is 32.9 Å². The minimum atomic E-state index is -4.57. The maximum atomic E-state index is 13.0. The summed E-state index contributed by atoms with van der Waals surface area (Å²) in [5.41, 5.74) is 0. The Morgan fingerprint density at radius 3 is 1.38 bits per heavy atom. The molecule has 0 aliphatic heterocycles. The van der Waals surface area contributed by atoms with Gasteiger partial charge >= 0.3 is 0 Å². The van der Waals surface area contributed by atoms with Crippen molar-refractivity contribution in [3.63, 3.8) is 0 Å². The topological polar surface area (TPSA) is 108 Å². The molecule has 3 atom stereocenters. The molecule has 0 fully saturated rings. The molecule has 0 aliphatic rings. The van der Waals surface area contributed by atoms with Gasteiger partial charge in [-0.15, -0.1) is 0 Å². The number of aliphatic hydroxyl groups is 1. The first-order chi connectivity index (χ1) is 31.0. The smallest absolute Gasteiger partial charge is 0.268 e. The van der Waals surface area contributed by atoms with Crippen molar-refractivity contribution in [3.8, 4) is 0 Å². The molecule has 0 rings (SSSR count). The van der Waals surface area contributed by atoms with Gasteiger partial charge < -0.3 is 28.8 Å². The zero-order valence-corrected chi connectivity index (χ0v) is 44.1. The van der Waals surface area contributed by atoms with Crippen LogP contribution in [0.4, 0.5) is 0 Å². The van der Waals surface area contributed by atoms with E-state index >= 15 is 0 Å². The molecule has 1 amide bonds. The molecular weight excluding hydrogens is 816 g/mol. The first-order valence-corrected chi connectivity index (χ1v) is 29.1. The number of nitrogens with zero attached hydrogens (tertiary/aromatic N) is 1. The number of aliphatic hydroxyl groups excluding tert-OH is 1. The summed E-state index contributed by atoms with van der Waals surface area (Å²) in [5, 5.41) is 14.0. The summed E-state index contributed by atoms with van der Waals surface area (Å²) in [5.74, 6) is -0.162. The first kappa shape index (κ1) is 63.0. The minimum absolute atomic E-state index is 0.0139. The second kappa shape index (κ2) is 47.1. The van der Waals surface area contributed by atoms with E-state index in [9.17, 15) is 19.4 Å². The maximum absolute atomic E-state index is 13.0. The van der Waals surface area contributed by atoms with Crippen LogP contribution in [0.2, 0.25) is 0 Å². The van der Waals surface area contributed by atoms with Crippen molar-refractivity contribution in [2.24, 2.45) is 0 Å². The fraction of sp³-hybridized carbons (Fsp3) is 0.909. The number of phosphoric acid groups is 1. The lowest BCUT2D eigenvalue weighted by Gasteiger charge is -2.30. The molecule has 9 heteroatoms. The van der Waals surface area contributed by atoms with Crippen molar-refractivity contribution in [3.05, 3.63) is 24.3 Å². The number of carbonyl (C=O) groups is 1. The second-order valence-corrected chi connectivity index (χ2v) is 21.7. The molecule has 2 N–H and O–H groups in total. The highest BCUT2D eigenvalue weighted by Gasteiger charge is 2.24. The molecule has 380 valence electrons. The monoisotopic (exact) mass is 925 g/mol. The number of carbonyl (C=O) groups excluding carboxylic acids is 1. The molecule has 0 saturated carbocycles. The molecule has 0 radical (unpaired) electrons. The van der Waals surface area contributed by atoms with Gasteiger partial charge in [-0.25, -0.2) is 0 Å². The van der Waals surface area contributed by atoms with Crippen LogP contribution in [0, 0.1) is 0 Å². The van der Waals surface area contributed by atoms with E-state index in [4.69, 9.17) is 9.05 Å². The lowest BCUT2D eigenvalue weighted by molar-refractivity contribution is -0.870. The highest BCUT2D eigenvalue weighted by molar-refractivity contribution is 7.45. The van der Waals surface area contributed by atoms with Gasteiger partial charge in [0, 0.05) is 6.42 Å². The van der Waals surface area contributed by atoms with E-state index in [0.717, 1.165) is 51.4 Å². The summed E-state index contributed by atoms with van der Waals surface area (Å²) < 4.78 is 23.4. The number of likely N-dealkylation sites (N-methyl/N-ethyl adjacent to an activating group) is 1. The average Bonchev–Trinajstić information content (AvgIpc) is 3.25. The number of amides is 1. The molecule has 0 spiro atoms. The number of nitrogens with one attached hydrogen (secondary N) is 1. The summed E-state index contributed by atoms with van der Waals surface area (Å²) in [6.07, 6.45) is 57.7. The predicted molar refractivity (Wildman–Crippen MR) is 275 cm³/mol. The molecule has 3 unspecified atom stereocenters.